The number of hydrogen-bond donors (Lipinski definition) is 2. The Morgan fingerprint density at radius 3 is 2.59 bits per heavy atom. The van der Waals surface area contributed by atoms with Crippen LogP contribution in [0.5, 0.6) is 0 Å². The summed E-state index contributed by atoms with van der Waals surface area (Å²) >= 11 is 0. The maximum absolute atomic E-state index is 13.3. The van der Waals surface area contributed by atoms with Gasteiger partial charge in [-0.3, -0.25) is 10.1 Å². The maximum Gasteiger partial charge on any atom is 0.338 e. The van der Waals surface area contributed by atoms with Gasteiger partial charge in [0.2, 0.25) is 0 Å². The Morgan fingerprint density at radius 1 is 1.32 bits per heavy atom. The Balaban J connectivity index is 2.45. The number of halogens is 1. The number of benzene rings is 1. The van der Waals surface area contributed by atoms with E-state index in [1.54, 1.807) is 13.8 Å². The van der Waals surface area contributed by atoms with Gasteiger partial charge >= 0.3 is 12.0 Å². The van der Waals surface area contributed by atoms with E-state index < -0.39 is 30.3 Å². The van der Waals surface area contributed by atoms with Crippen LogP contribution in [0.4, 0.5) is 9.18 Å². The van der Waals surface area contributed by atoms with Crippen molar-refractivity contribution in [2.45, 2.75) is 33.2 Å². The number of aryl methyl sites for hydroxylation is 1. The molecule has 7 heteroatoms. The molecule has 1 rings (SSSR count). The van der Waals surface area contributed by atoms with Crippen LogP contribution in [0.3, 0.4) is 0 Å². The molecule has 0 radical (unpaired) electrons. The number of esters is 1. The van der Waals surface area contributed by atoms with Crippen LogP contribution in [0.15, 0.2) is 18.2 Å². The van der Waals surface area contributed by atoms with E-state index in [2.05, 4.69) is 5.32 Å². The van der Waals surface area contributed by atoms with Crippen LogP contribution in [0.2, 0.25) is 0 Å². The van der Waals surface area contributed by atoms with Crippen molar-refractivity contribution in [2.75, 3.05) is 6.61 Å². The van der Waals surface area contributed by atoms with E-state index in [4.69, 9.17) is 4.74 Å². The Labute approximate surface area is 128 Å². The molecule has 6 nitrogen and oxygen atoms in total. The fourth-order valence-electron chi connectivity index (χ4n) is 1.46. The van der Waals surface area contributed by atoms with E-state index >= 15 is 0 Å². The van der Waals surface area contributed by atoms with Crippen molar-refractivity contribution < 1.29 is 23.5 Å². The zero-order valence-electron chi connectivity index (χ0n) is 12.7. The predicted molar refractivity (Wildman–Crippen MR) is 77.8 cm³/mol. The van der Waals surface area contributed by atoms with Crippen LogP contribution in [0.1, 0.15) is 36.2 Å². The van der Waals surface area contributed by atoms with E-state index in [0.29, 0.717) is 5.56 Å². The van der Waals surface area contributed by atoms with Crippen LogP contribution in [0.25, 0.3) is 0 Å². The van der Waals surface area contributed by atoms with Crippen molar-refractivity contribution in [3.8, 4) is 0 Å². The lowest BCUT2D eigenvalue weighted by Crippen LogP contribution is -2.44. The minimum atomic E-state index is -0.837. The van der Waals surface area contributed by atoms with Gasteiger partial charge in [0.05, 0.1) is 5.56 Å². The number of urea groups is 1. The van der Waals surface area contributed by atoms with Crippen LogP contribution in [0, 0.1) is 12.7 Å². The fourth-order valence-corrected chi connectivity index (χ4v) is 1.46. The van der Waals surface area contributed by atoms with Gasteiger partial charge in [-0.15, -0.1) is 0 Å². The highest BCUT2D eigenvalue weighted by Crippen LogP contribution is 2.10. The van der Waals surface area contributed by atoms with Gasteiger partial charge in [0.15, 0.2) is 6.61 Å². The Bertz CT molecular complexity index is 575. The standard InChI is InChI=1S/C15H19FN2O4/c1-4-10(3)17-15(21)18-13(19)8-22-14(20)11-6-5-9(2)12(16)7-11/h5-7,10H,4,8H2,1-3H3,(H2,17,18,19,21)/t10-/m0/s1. The minimum Gasteiger partial charge on any atom is -0.452 e. The average molecular weight is 310 g/mol. The van der Waals surface area contributed by atoms with Gasteiger partial charge in [-0.1, -0.05) is 13.0 Å². The van der Waals surface area contributed by atoms with Crippen molar-refractivity contribution in [3.63, 3.8) is 0 Å². The molecule has 0 unspecified atom stereocenters. The number of nitrogens with one attached hydrogen (secondary N) is 2. The van der Waals surface area contributed by atoms with Crippen molar-refractivity contribution in [1.29, 1.82) is 0 Å². The monoisotopic (exact) mass is 310 g/mol. The SMILES string of the molecule is CC[C@H](C)NC(=O)NC(=O)COC(=O)c1ccc(C)c(F)c1. The molecule has 0 heterocycles. The molecule has 0 saturated heterocycles. The van der Waals surface area contributed by atoms with E-state index in [1.807, 2.05) is 12.2 Å². The quantitative estimate of drug-likeness (QED) is 0.814. The van der Waals surface area contributed by atoms with Gasteiger partial charge in [-0.25, -0.2) is 14.0 Å². The summed E-state index contributed by atoms with van der Waals surface area (Å²) in [5.74, 6) is -2.13. The molecule has 1 aromatic rings. The molecule has 0 spiro atoms. The Kier molecular flexibility index (Phi) is 6.49. The summed E-state index contributed by atoms with van der Waals surface area (Å²) in [5.41, 5.74) is 0.399. The molecule has 0 aromatic heterocycles. The third-order valence-electron chi connectivity index (χ3n) is 2.98. The normalized spacial score (nSPS) is 11.5. The predicted octanol–water partition coefficient (Wildman–Crippen LogP) is 1.92. The molecule has 22 heavy (non-hydrogen) atoms. The first-order chi connectivity index (χ1) is 10.3. The molecule has 0 bridgehead atoms. The van der Waals surface area contributed by atoms with Gasteiger partial charge in [-0.2, -0.15) is 0 Å². The zero-order chi connectivity index (χ0) is 16.7. The topological polar surface area (TPSA) is 84.5 Å². The summed E-state index contributed by atoms with van der Waals surface area (Å²) in [4.78, 5) is 34.5. The molecule has 0 saturated carbocycles. The average Bonchev–Trinajstić information content (AvgIpc) is 2.47. The Hall–Kier alpha value is -2.44. The van der Waals surface area contributed by atoms with Crippen LogP contribution < -0.4 is 10.6 Å². The highest BCUT2D eigenvalue weighted by atomic mass is 19.1. The van der Waals surface area contributed by atoms with Gasteiger partial charge < -0.3 is 10.1 Å². The molecule has 1 aromatic carbocycles. The number of hydrogen-bond acceptors (Lipinski definition) is 4. The molecule has 1 atom stereocenters. The van der Waals surface area contributed by atoms with E-state index in [-0.39, 0.29) is 11.6 Å². The second-order valence-electron chi connectivity index (χ2n) is 4.87. The molecular weight excluding hydrogens is 291 g/mol. The molecule has 3 amide bonds. The van der Waals surface area contributed by atoms with Crippen LogP contribution >= 0.6 is 0 Å². The second kappa shape index (κ2) is 8.11. The number of carbonyl (C=O) groups excluding carboxylic acids is 3. The van der Waals surface area contributed by atoms with Crippen LogP contribution in [-0.4, -0.2) is 30.6 Å². The largest absolute Gasteiger partial charge is 0.452 e. The summed E-state index contributed by atoms with van der Waals surface area (Å²) < 4.78 is 18.0. The van der Waals surface area contributed by atoms with Gasteiger partial charge in [0.25, 0.3) is 5.91 Å². The lowest BCUT2D eigenvalue weighted by atomic mass is 10.1. The van der Waals surface area contributed by atoms with Crippen molar-refractivity contribution >= 4 is 17.9 Å². The van der Waals surface area contributed by atoms with Gasteiger partial charge in [0.1, 0.15) is 5.82 Å². The summed E-state index contributed by atoms with van der Waals surface area (Å²) in [5, 5.41) is 4.56. The lowest BCUT2D eigenvalue weighted by Gasteiger charge is -2.11. The zero-order valence-corrected chi connectivity index (χ0v) is 12.7. The van der Waals surface area contributed by atoms with Gasteiger partial charge in [-0.05, 0) is 38.0 Å². The summed E-state index contributed by atoms with van der Waals surface area (Å²) in [6.45, 7) is 4.61. The third kappa shape index (κ3) is 5.51. The summed E-state index contributed by atoms with van der Waals surface area (Å²) in [6, 6.07) is 3.13. The molecule has 120 valence electrons. The first-order valence-corrected chi connectivity index (χ1v) is 6.87. The van der Waals surface area contributed by atoms with E-state index in [1.165, 1.54) is 12.1 Å². The lowest BCUT2D eigenvalue weighted by molar-refractivity contribution is -0.123. The first kappa shape index (κ1) is 17.6. The molecule has 0 aliphatic rings. The number of carbonyl (C=O) groups is 3. The molecular formula is C15H19FN2O4. The number of rotatable bonds is 5. The first-order valence-electron chi connectivity index (χ1n) is 6.87. The van der Waals surface area contributed by atoms with Crippen molar-refractivity contribution in [2.24, 2.45) is 0 Å². The fraction of sp³-hybridized carbons (Fsp3) is 0.400. The second-order valence-corrected chi connectivity index (χ2v) is 4.87. The van der Waals surface area contributed by atoms with Crippen LogP contribution in [-0.2, 0) is 9.53 Å². The smallest absolute Gasteiger partial charge is 0.338 e. The molecule has 0 fully saturated rings. The Morgan fingerprint density at radius 2 is 2.00 bits per heavy atom. The molecule has 0 aliphatic carbocycles. The summed E-state index contributed by atoms with van der Waals surface area (Å²) in [6.07, 6.45) is 0.718. The summed E-state index contributed by atoms with van der Waals surface area (Å²) in [7, 11) is 0. The van der Waals surface area contributed by atoms with Crippen molar-refractivity contribution in [1.82, 2.24) is 10.6 Å². The minimum absolute atomic E-state index is 0.0000401. The highest BCUT2D eigenvalue weighted by Gasteiger charge is 2.14. The van der Waals surface area contributed by atoms with E-state index in [0.717, 1.165) is 12.5 Å². The molecule has 2 N–H and O–H groups in total. The third-order valence-corrected chi connectivity index (χ3v) is 2.98. The number of amides is 3. The highest BCUT2D eigenvalue weighted by molar-refractivity contribution is 5.97. The number of imide groups is 1. The van der Waals surface area contributed by atoms with E-state index in [9.17, 15) is 18.8 Å². The van der Waals surface area contributed by atoms with Gasteiger partial charge in [0, 0.05) is 6.04 Å². The maximum atomic E-state index is 13.3. The number of ether oxygens (including phenoxy) is 1. The molecule has 0 aliphatic heterocycles. The van der Waals surface area contributed by atoms with Crippen molar-refractivity contribution in [3.05, 3.63) is 35.1 Å².